The van der Waals surface area contributed by atoms with Gasteiger partial charge in [-0.25, -0.2) is 4.98 Å². The number of anilines is 1. The third-order valence-electron chi connectivity index (χ3n) is 7.42. The Morgan fingerprint density at radius 2 is 1.79 bits per heavy atom. The average molecular weight is 581 g/mol. The number of benzene rings is 3. The van der Waals surface area contributed by atoms with Crippen LogP contribution in [-0.4, -0.2) is 35.8 Å². The Morgan fingerprint density at radius 3 is 2.46 bits per heavy atom. The van der Waals surface area contributed by atoms with Crippen molar-refractivity contribution in [1.29, 1.82) is 0 Å². The largest absolute Gasteiger partial charge is 0.336 e. The molecule has 0 spiro atoms. The number of hydrogen-bond acceptors (Lipinski definition) is 4. The van der Waals surface area contributed by atoms with Crippen LogP contribution in [0.1, 0.15) is 45.8 Å². The Bertz CT molecular complexity index is 1630. The summed E-state index contributed by atoms with van der Waals surface area (Å²) in [6.07, 6.45) is 4.21. The number of fused-ring (bicyclic) bond motifs is 1. The first-order valence-electron chi connectivity index (χ1n) is 12.6. The summed E-state index contributed by atoms with van der Waals surface area (Å²) in [5.74, 6) is -0.145. The number of amides is 1. The second kappa shape index (κ2) is 10.3. The van der Waals surface area contributed by atoms with Crippen LogP contribution in [0, 0.1) is 0 Å². The van der Waals surface area contributed by atoms with E-state index >= 15 is 0 Å². The van der Waals surface area contributed by atoms with Gasteiger partial charge in [-0.05, 0) is 71.5 Å². The molecule has 2 N–H and O–H groups in total. The Hall–Kier alpha value is -2.89. The molecule has 4 aromatic rings. The lowest BCUT2D eigenvalue weighted by Crippen LogP contribution is -2.41. The molecule has 0 saturated heterocycles. The van der Waals surface area contributed by atoms with Gasteiger partial charge in [0.05, 0.1) is 25.4 Å². The van der Waals surface area contributed by atoms with Crippen LogP contribution in [0.5, 0.6) is 0 Å². The van der Waals surface area contributed by atoms with Crippen LogP contribution in [0.3, 0.4) is 0 Å². The lowest BCUT2D eigenvalue weighted by molar-refractivity contribution is -0.118. The summed E-state index contributed by atoms with van der Waals surface area (Å²) < 4.78 is 14.6. The van der Waals surface area contributed by atoms with E-state index in [4.69, 9.17) is 28.9 Å². The maximum atomic E-state index is 13.0. The van der Waals surface area contributed by atoms with Gasteiger partial charge in [0.1, 0.15) is 5.54 Å². The fraction of sp³-hybridized carbons (Fsp3) is 0.267. The highest BCUT2D eigenvalue weighted by atomic mass is 35.5. The predicted molar refractivity (Wildman–Crippen MR) is 160 cm³/mol. The number of nitrogens with zero attached hydrogens (tertiary/aromatic N) is 3. The molecular formula is C30H31Cl2N4O2P. The summed E-state index contributed by atoms with van der Waals surface area (Å²) in [4.78, 5) is 19.0. The zero-order valence-electron chi connectivity index (χ0n) is 22.4. The summed E-state index contributed by atoms with van der Waals surface area (Å²) in [5, 5.41) is 1.14. The number of aryl methyl sites for hydroxylation is 1. The van der Waals surface area contributed by atoms with Gasteiger partial charge in [-0.15, -0.1) is 0 Å². The average Bonchev–Trinajstić information content (AvgIpc) is 3.30. The van der Waals surface area contributed by atoms with Gasteiger partial charge in [-0.1, -0.05) is 53.5 Å². The number of halogens is 2. The molecule has 3 aromatic carbocycles. The van der Waals surface area contributed by atoms with Crippen molar-refractivity contribution in [3.63, 3.8) is 0 Å². The predicted octanol–water partition coefficient (Wildman–Crippen LogP) is 6.60. The molecule has 1 aliphatic heterocycles. The van der Waals surface area contributed by atoms with Crippen molar-refractivity contribution in [3.05, 3.63) is 117 Å². The van der Waals surface area contributed by atoms with Gasteiger partial charge in [0.15, 0.2) is 0 Å². The van der Waals surface area contributed by atoms with Crippen molar-refractivity contribution < 1.29 is 9.36 Å². The summed E-state index contributed by atoms with van der Waals surface area (Å²) in [7, 11) is 1.34. The van der Waals surface area contributed by atoms with Crippen LogP contribution < -0.4 is 10.6 Å². The molecule has 1 aromatic heterocycles. The van der Waals surface area contributed by atoms with E-state index in [2.05, 4.69) is 11.1 Å². The van der Waals surface area contributed by atoms with E-state index in [9.17, 15) is 9.36 Å². The van der Waals surface area contributed by atoms with Crippen LogP contribution in [0.2, 0.25) is 10.0 Å². The molecule has 2 unspecified atom stereocenters. The van der Waals surface area contributed by atoms with E-state index in [0.29, 0.717) is 22.6 Å². The topological polar surface area (TPSA) is 81.2 Å². The normalized spacial score (nSPS) is 17.2. The van der Waals surface area contributed by atoms with E-state index in [-0.39, 0.29) is 11.8 Å². The first kappa shape index (κ1) is 27.7. The lowest BCUT2D eigenvalue weighted by Gasteiger charge is -2.36. The fourth-order valence-corrected chi connectivity index (χ4v) is 7.09. The zero-order valence-corrected chi connectivity index (χ0v) is 24.8. The molecule has 9 heteroatoms. The Morgan fingerprint density at radius 1 is 1.03 bits per heavy atom. The monoisotopic (exact) mass is 580 g/mol. The number of carbonyl (C=O) groups is 1. The van der Waals surface area contributed by atoms with Gasteiger partial charge in [0, 0.05) is 48.3 Å². The second-order valence-corrected chi connectivity index (χ2v) is 15.2. The van der Waals surface area contributed by atoms with Gasteiger partial charge in [0.25, 0.3) is 0 Å². The standard InChI is InChI=1S/C30H31Cl2N4O2P/c1-35-18-34-16-28(35)30(33,22-10-19(11-24(32)13-22)17-39(3,4)38)21-8-9-27-26(14-21)25(15-29(37)36(27)2)20-6-5-7-23(31)12-20/h5-14,16,18,25H,15,17,33H2,1-4H3. The third kappa shape index (κ3) is 5.31. The number of carbonyl (C=O) groups excluding carboxylic acids is 1. The minimum Gasteiger partial charge on any atom is -0.336 e. The zero-order chi connectivity index (χ0) is 28.1. The third-order valence-corrected chi connectivity index (χ3v) is 9.00. The van der Waals surface area contributed by atoms with E-state index in [1.807, 2.05) is 66.2 Å². The maximum Gasteiger partial charge on any atom is 0.227 e. The molecule has 2 atom stereocenters. The summed E-state index contributed by atoms with van der Waals surface area (Å²) in [6, 6.07) is 19.3. The molecule has 0 saturated carbocycles. The minimum atomic E-state index is -2.36. The highest BCUT2D eigenvalue weighted by Crippen LogP contribution is 2.45. The molecule has 0 fully saturated rings. The van der Waals surface area contributed by atoms with Crippen LogP contribution in [0.25, 0.3) is 0 Å². The van der Waals surface area contributed by atoms with Crippen LogP contribution in [0.15, 0.2) is 73.2 Å². The van der Waals surface area contributed by atoms with Crippen LogP contribution >= 0.6 is 30.3 Å². The number of aromatic nitrogens is 2. The molecule has 0 aliphatic carbocycles. The molecule has 0 bridgehead atoms. The highest BCUT2D eigenvalue weighted by Gasteiger charge is 2.38. The van der Waals surface area contributed by atoms with Gasteiger partial charge in [-0.2, -0.15) is 0 Å². The van der Waals surface area contributed by atoms with E-state index < -0.39 is 12.7 Å². The van der Waals surface area contributed by atoms with Crippen molar-refractivity contribution >= 4 is 41.9 Å². The summed E-state index contributed by atoms with van der Waals surface area (Å²) in [6.45, 7) is 3.53. The SMILES string of the molecule is CN1C(=O)CC(c2cccc(Cl)c2)c2cc(C(N)(c3cc(Cl)cc(CP(C)(C)=O)c3)c3cncn3C)ccc21. The van der Waals surface area contributed by atoms with Gasteiger partial charge < -0.3 is 19.8 Å². The number of imidazole rings is 1. The highest BCUT2D eigenvalue weighted by molar-refractivity contribution is 7.61. The van der Waals surface area contributed by atoms with Crippen molar-refractivity contribution in [3.8, 4) is 0 Å². The molecule has 39 heavy (non-hydrogen) atoms. The summed E-state index contributed by atoms with van der Waals surface area (Å²) >= 11 is 13.0. The maximum absolute atomic E-state index is 13.0. The van der Waals surface area contributed by atoms with Gasteiger partial charge in [0.2, 0.25) is 5.91 Å². The van der Waals surface area contributed by atoms with Gasteiger partial charge in [-0.3, -0.25) is 4.79 Å². The van der Waals surface area contributed by atoms with Crippen molar-refractivity contribution in [2.75, 3.05) is 25.3 Å². The molecule has 6 nitrogen and oxygen atoms in total. The van der Waals surface area contributed by atoms with E-state index in [0.717, 1.165) is 39.2 Å². The van der Waals surface area contributed by atoms with Crippen molar-refractivity contribution in [1.82, 2.24) is 9.55 Å². The molecule has 1 amide bonds. The number of nitrogens with two attached hydrogens (primary N) is 1. The Kier molecular flexibility index (Phi) is 7.28. The molecule has 2 heterocycles. The molecule has 202 valence electrons. The molecule has 0 radical (unpaired) electrons. The van der Waals surface area contributed by atoms with Crippen molar-refractivity contribution in [2.24, 2.45) is 12.8 Å². The van der Waals surface area contributed by atoms with E-state index in [1.54, 1.807) is 37.8 Å². The molecule has 5 rings (SSSR count). The molecular weight excluding hydrogens is 550 g/mol. The van der Waals surface area contributed by atoms with Crippen LogP contribution in [0.4, 0.5) is 5.69 Å². The van der Waals surface area contributed by atoms with Crippen LogP contribution in [-0.2, 0) is 28.1 Å². The fourth-order valence-electron chi connectivity index (χ4n) is 5.57. The minimum absolute atomic E-state index is 0.0360. The lowest BCUT2D eigenvalue weighted by atomic mass is 9.77. The quantitative estimate of drug-likeness (QED) is 0.260. The smallest absolute Gasteiger partial charge is 0.227 e. The first-order chi connectivity index (χ1) is 18.4. The van der Waals surface area contributed by atoms with Gasteiger partial charge >= 0.3 is 0 Å². The first-order valence-corrected chi connectivity index (χ1v) is 16.2. The Balaban J connectivity index is 1.74. The number of hydrogen-bond donors (Lipinski definition) is 1. The van der Waals surface area contributed by atoms with E-state index in [1.165, 1.54) is 0 Å². The summed E-state index contributed by atoms with van der Waals surface area (Å²) in [5.41, 5.74) is 12.3. The second-order valence-electron chi connectivity index (χ2n) is 10.8. The number of rotatable bonds is 6. The Labute approximate surface area is 239 Å². The van der Waals surface area contributed by atoms with Crippen molar-refractivity contribution in [2.45, 2.75) is 24.0 Å². The molecule has 1 aliphatic rings.